The lowest BCUT2D eigenvalue weighted by molar-refractivity contribution is -0.126. The molecule has 0 saturated carbocycles. The highest BCUT2D eigenvalue weighted by Crippen LogP contribution is 2.25. The molecule has 2 unspecified atom stereocenters. The number of hydrogen-bond donors (Lipinski definition) is 0. The molecule has 0 aliphatic carbocycles. The Bertz CT molecular complexity index is 247. The Hall–Kier alpha value is -0.0200. The van der Waals surface area contributed by atoms with Gasteiger partial charge in [0, 0.05) is 42.0 Å². The van der Waals surface area contributed by atoms with Gasteiger partial charge in [-0.1, -0.05) is 27.7 Å². The summed E-state index contributed by atoms with van der Waals surface area (Å²) < 4.78 is 0. The molecule has 0 bridgehead atoms. The highest BCUT2D eigenvalue weighted by atomic mass is 32.2. The summed E-state index contributed by atoms with van der Waals surface area (Å²) in [6.07, 6.45) is 0.700. The summed E-state index contributed by atoms with van der Waals surface area (Å²) in [5.41, 5.74) is -0.181. The highest BCUT2D eigenvalue weighted by Gasteiger charge is 2.27. The van der Waals surface area contributed by atoms with Crippen molar-refractivity contribution in [2.24, 2.45) is 5.41 Å². The predicted octanol–water partition coefficient (Wildman–Crippen LogP) is 2.82. The number of thioether (sulfide) groups is 1. The van der Waals surface area contributed by atoms with Crippen LogP contribution in [0.4, 0.5) is 0 Å². The number of Topliss-reactive ketones (excluding diaryl/α,β-unsaturated/α-hetero) is 1. The molecule has 94 valence electrons. The second kappa shape index (κ2) is 5.54. The third-order valence-electron chi connectivity index (χ3n) is 3.48. The molecule has 1 rings (SSSR count). The van der Waals surface area contributed by atoms with Gasteiger partial charge in [-0.25, -0.2) is 0 Å². The van der Waals surface area contributed by atoms with E-state index >= 15 is 0 Å². The van der Waals surface area contributed by atoms with Crippen LogP contribution in [0.3, 0.4) is 0 Å². The van der Waals surface area contributed by atoms with Crippen molar-refractivity contribution in [2.45, 2.75) is 52.3 Å². The van der Waals surface area contributed by atoms with Crippen molar-refractivity contribution in [1.29, 1.82) is 0 Å². The first kappa shape index (κ1) is 14.0. The molecular formula is C13H25NOS. The zero-order valence-corrected chi connectivity index (χ0v) is 12.1. The van der Waals surface area contributed by atoms with E-state index in [1.165, 1.54) is 5.75 Å². The largest absolute Gasteiger partial charge is 0.299 e. The molecule has 0 amide bonds. The normalized spacial score (nSPS) is 28.1. The standard InChI is InChI=1S/C13H25NOS/c1-10-11(2)16-9-8-14(10)7-6-12(15)13(3,4)5/h10-11H,6-9H2,1-5H3. The summed E-state index contributed by atoms with van der Waals surface area (Å²) in [6, 6.07) is 0.603. The van der Waals surface area contributed by atoms with Gasteiger partial charge in [0.15, 0.2) is 0 Å². The van der Waals surface area contributed by atoms with E-state index in [1.807, 2.05) is 32.5 Å². The molecule has 1 aliphatic heterocycles. The van der Waals surface area contributed by atoms with Gasteiger partial charge in [0.25, 0.3) is 0 Å². The number of nitrogens with zero attached hydrogens (tertiary/aromatic N) is 1. The van der Waals surface area contributed by atoms with Crippen molar-refractivity contribution >= 4 is 17.5 Å². The van der Waals surface area contributed by atoms with E-state index in [1.54, 1.807) is 0 Å². The van der Waals surface area contributed by atoms with Crippen LogP contribution in [-0.4, -0.2) is 40.8 Å². The molecule has 1 saturated heterocycles. The monoisotopic (exact) mass is 243 g/mol. The zero-order valence-electron chi connectivity index (χ0n) is 11.2. The van der Waals surface area contributed by atoms with Gasteiger partial charge in [0.2, 0.25) is 0 Å². The summed E-state index contributed by atoms with van der Waals surface area (Å²) >= 11 is 2.04. The van der Waals surface area contributed by atoms with E-state index in [4.69, 9.17) is 0 Å². The van der Waals surface area contributed by atoms with Gasteiger partial charge in [-0.3, -0.25) is 9.69 Å². The third-order valence-corrected chi connectivity index (χ3v) is 4.82. The molecule has 0 N–H and O–H groups in total. The first-order valence-electron chi connectivity index (χ1n) is 6.21. The van der Waals surface area contributed by atoms with Gasteiger partial charge in [-0.2, -0.15) is 11.8 Å². The summed E-state index contributed by atoms with van der Waals surface area (Å²) in [5.74, 6) is 1.58. The molecule has 0 aromatic rings. The fourth-order valence-corrected chi connectivity index (χ4v) is 3.09. The van der Waals surface area contributed by atoms with Crippen LogP contribution in [0.25, 0.3) is 0 Å². The summed E-state index contributed by atoms with van der Waals surface area (Å²) in [6.45, 7) is 12.6. The molecule has 3 heteroatoms. The minimum absolute atomic E-state index is 0.181. The summed E-state index contributed by atoms with van der Waals surface area (Å²) in [4.78, 5) is 14.3. The van der Waals surface area contributed by atoms with Crippen LogP contribution in [0.5, 0.6) is 0 Å². The predicted molar refractivity (Wildman–Crippen MR) is 72.0 cm³/mol. The van der Waals surface area contributed by atoms with Gasteiger partial charge < -0.3 is 0 Å². The Morgan fingerprint density at radius 1 is 1.38 bits per heavy atom. The highest BCUT2D eigenvalue weighted by molar-refractivity contribution is 8.00. The van der Waals surface area contributed by atoms with Gasteiger partial charge in [0.1, 0.15) is 5.78 Å². The van der Waals surface area contributed by atoms with Crippen molar-refractivity contribution in [2.75, 3.05) is 18.8 Å². The fourth-order valence-electron chi connectivity index (χ4n) is 1.93. The van der Waals surface area contributed by atoms with E-state index in [0.717, 1.165) is 13.1 Å². The molecule has 1 aliphatic rings. The van der Waals surface area contributed by atoms with Crippen LogP contribution < -0.4 is 0 Å². The van der Waals surface area contributed by atoms with E-state index in [-0.39, 0.29) is 5.41 Å². The second-order valence-corrected chi connectivity index (χ2v) is 7.26. The molecule has 2 nitrogen and oxygen atoms in total. The maximum absolute atomic E-state index is 11.9. The minimum Gasteiger partial charge on any atom is -0.299 e. The van der Waals surface area contributed by atoms with Crippen molar-refractivity contribution in [1.82, 2.24) is 4.90 Å². The summed E-state index contributed by atoms with van der Waals surface area (Å²) in [7, 11) is 0. The van der Waals surface area contributed by atoms with Crippen LogP contribution >= 0.6 is 11.8 Å². The van der Waals surface area contributed by atoms with Crippen LogP contribution in [0.2, 0.25) is 0 Å². The number of carbonyl (C=O) groups excluding carboxylic acids is 1. The molecular weight excluding hydrogens is 218 g/mol. The van der Waals surface area contributed by atoms with Gasteiger partial charge >= 0.3 is 0 Å². The van der Waals surface area contributed by atoms with Gasteiger partial charge in [-0.15, -0.1) is 0 Å². The van der Waals surface area contributed by atoms with Crippen LogP contribution in [0, 0.1) is 5.41 Å². The number of rotatable bonds is 3. The van der Waals surface area contributed by atoms with E-state index in [9.17, 15) is 4.79 Å². The minimum atomic E-state index is -0.181. The Balaban J connectivity index is 2.40. The lowest BCUT2D eigenvalue weighted by atomic mass is 9.89. The average Bonchev–Trinajstić information content (AvgIpc) is 2.18. The lowest BCUT2D eigenvalue weighted by Gasteiger charge is -2.37. The molecule has 1 heterocycles. The maximum Gasteiger partial charge on any atom is 0.139 e. The molecule has 0 aromatic carbocycles. The smallest absolute Gasteiger partial charge is 0.139 e. The van der Waals surface area contributed by atoms with E-state index < -0.39 is 0 Å². The van der Waals surface area contributed by atoms with E-state index in [2.05, 4.69) is 18.7 Å². The lowest BCUT2D eigenvalue weighted by Crippen LogP contribution is -2.45. The SMILES string of the molecule is CC1SCCN(CCC(=O)C(C)(C)C)C1C. The van der Waals surface area contributed by atoms with Crippen LogP contribution in [0.15, 0.2) is 0 Å². The van der Waals surface area contributed by atoms with Crippen molar-refractivity contribution in [3.63, 3.8) is 0 Å². The molecule has 2 atom stereocenters. The van der Waals surface area contributed by atoms with Crippen molar-refractivity contribution in [3.05, 3.63) is 0 Å². The molecule has 0 aromatic heterocycles. The molecule has 1 fully saturated rings. The van der Waals surface area contributed by atoms with Crippen molar-refractivity contribution in [3.8, 4) is 0 Å². The van der Waals surface area contributed by atoms with E-state index in [0.29, 0.717) is 23.5 Å². The maximum atomic E-state index is 11.9. The Labute approximate surface area is 104 Å². The fraction of sp³-hybridized carbons (Fsp3) is 0.923. The number of ketones is 1. The Morgan fingerprint density at radius 2 is 2.00 bits per heavy atom. The Morgan fingerprint density at radius 3 is 2.56 bits per heavy atom. The van der Waals surface area contributed by atoms with Crippen LogP contribution in [-0.2, 0) is 4.79 Å². The molecule has 16 heavy (non-hydrogen) atoms. The zero-order chi connectivity index (χ0) is 12.3. The average molecular weight is 243 g/mol. The molecule has 0 radical (unpaired) electrons. The number of carbonyl (C=O) groups is 1. The number of hydrogen-bond acceptors (Lipinski definition) is 3. The topological polar surface area (TPSA) is 20.3 Å². The van der Waals surface area contributed by atoms with Gasteiger partial charge in [-0.05, 0) is 6.92 Å². The van der Waals surface area contributed by atoms with Crippen molar-refractivity contribution < 1.29 is 4.79 Å². The first-order chi connectivity index (χ1) is 7.32. The second-order valence-electron chi connectivity index (χ2n) is 5.78. The summed E-state index contributed by atoms with van der Waals surface area (Å²) in [5, 5.41) is 0.693. The van der Waals surface area contributed by atoms with Crippen LogP contribution in [0.1, 0.15) is 41.0 Å². The Kier molecular flexibility index (Phi) is 4.87. The first-order valence-corrected chi connectivity index (χ1v) is 7.26. The quantitative estimate of drug-likeness (QED) is 0.760. The van der Waals surface area contributed by atoms with Gasteiger partial charge in [0.05, 0.1) is 0 Å². The molecule has 0 spiro atoms. The third kappa shape index (κ3) is 3.77.